The molecule has 0 amide bonds. The molecule has 0 aliphatic rings. The topological polar surface area (TPSA) is 78.9 Å². The summed E-state index contributed by atoms with van der Waals surface area (Å²) in [6.07, 6.45) is 71.4. The first kappa shape index (κ1) is 63.6. The molecule has 0 saturated carbocycles. The molecule has 6 heteroatoms. The Hall–Kier alpha value is -3.41. The van der Waals surface area contributed by atoms with Gasteiger partial charge in [0.1, 0.15) is 13.2 Å². The van der Waals surface area contributed by atoms with Gasteiger partial charge in [-0.3, -0.25) is 14.4 Å². The highest BCUT2D eigenvalue weighted by Crippen LogP contribution is 2.14. The fraction of sp³-hybridized carbons (Fsp3) is 0.721. The third kappa shape index (κ3) is 53.4. The predicted molar refractivity (Wildman–Crippen MR) is 288 cm³/mol. The van der Waals surface area contributed by atoms with Crippen molar-refractivity contribution in [3.05, 3.63) is 85.1 Å². The van der Waals surface area contributed by atoms with Crippen LogP contribution in [0.15, 0.2) is 85.1 Å². The van der Waals surface area contributed by atoms with Crippen LogP contribution in [0.4, 0.5) is 0 Å². The van der Waals surface area contributed by atoms with Crippen molar-refractivity contribution in [2.45, 2.75) is 271 Å². The Morgan fingerprint density at radius 3 is 0.940 bits per heavy atom. The molecule has 6 nitrogen and oxygen atoms in total. The van der Waals surface area contributed by atoms with E-state index >= 15 is 0 Å². The summed E-state index contributed by atoms with van der Waals surface area (Å²) in [4.78, 5) is 38.1. The van der Waals surface area contributed by atoms with E-state index in [-0.39, 0.29) is 44.0 Å². The van der Waals surface area contributed by atoms with E-state index in [0.29, 0.717) is 12.8 Å². The molecule has 0 aliphatic heterocycles. The number of hydrogen-bond acceptors (Lipinski definition) is 6. The highest BCUT2D eigenvalue weighted by Gasteiger charge is 2.19. The van der Waals surface area contributed by atoms with Crippen molar-refractivity contribution in [3.63, 3.8) is 0 Å². The standard InChI is InChI=1S/C61H104O6/c1-4-7-10-13-16-19-22-25-27-29-30-32-34-37-40-43-46-49-52-55-61(64)67-58(56-65-59(62)53-50-47-44-41-38-35-24-21-18-15-12-9-6-3)57-66-60(63)54-51-48-45-42-39-36-33-31-28-26-23-20-17-14-11-8-5-2/h16,19,25-28,30,32-33,36-37,40,42,45,58H,4-15,17-18,20-24,29,31,34-35,38-39,41,43-44,46-57H2,1-3H3/b19-16-,27-25-,28-26-,32-30-,36-33-,40-37-,45-42-/t58-/m0/s1. The van der Waals surface area contributed by atoms with Crippen LogP contribution < -0.4 is 0 Å². The molecule has 0 aromatic carbocycles. The highest BCUT2D eigenvalue weighted by molar-refractivity contribution is 5.71. The maximum absolute atomic E-state index is 12.8. The molecular formula is C61H104O6. The molecule has 1 atom stereocenters. The molecule has 0 heterocycles. The molecule has 67 heavy (non-hydrogen) atoms. The Kier molecular flexibility index (Phi) is 52.4. The second-order valence-electron chi connectivity index (χ2n) is 18.5. The van der Waals surface area contributed by atoms with Gasteiger partial charge in [-0.2, -0.15) is 0 Å². The minimum absolute atomic E-state index is 0.104. The predicted octanol–water partition coefficient (Wildman–Crippen LogP) is 18.8. The van der Waals surface area contributed by atoms with Crippen LogP contribution in [0.3, 0.4) is 0 Å². The molecule has 0 bridgehead atoms. The van der Waals surface area contributed by atoms with Gasteiger partial charge in [-0.05, 0) is 96.3 Å². The molecule has 0 saturated heterocycles. The summed E-state index contributed by atoms with van der Waals surface area (Å²) in [5.74, 6) is -0.985. The first-order valence-corrected chi connectivity index (χ1v) is 28.1. The number of carbonyl (C=O) groups is 3. The lowest BCUT2D eigenvalue weighted by molar-refractivity contribution is -0.167. The number of ether oxygens (including phenoxy) is 3. The van der Waals surface area contributed by atoms with Gasteiger partial charge in [-0.1, -0.05) is 234 Å². The van der Waals surface area contributed by atoms with E-state index in [1.165, 1.54) is 135 Å². The number of carbonyl (C=O) groups excluding carboxylic acids is 3. The molecule has 0 spiro atoms. The first-order chi connectivity index (χ1) is 33.0. The fourth-order valence-electron chi connectivity index (χ4n) is 7.62. The second kappa shape index (κ2) is 55.2. The smallest absolute Gasteiger partial charge is 0.306 e. The third-order valence-corrected chi connectivity index (χ3v) is 11.9. The summed E-state index contributed by atoms with van der Waals surface area (Å²) >= 11 is 0. The molecule has 384 valence electrons. The van der Waals surface area contributed by atoms with Gasteiger partial charge in [0.25, 0.3) is 0 Å². The zero-order chi connectivity index (χ0) is 48.6. The van der Waals surface area contributed by atoms with Crippen molar-refractivity contribution in [1.29, 1.82) is 0 Å². The lowest BCUT2D eigenvalue weighted by atomic mass is 10.0. The minimum Gasteiger partial charge on any atom is -0.462 e. The van der Waals surface area contributed by atoms with Gasteiger partial charge in [0, 0.05) is 19.3 Å². The summed E-state index contributed by atoms with van der Waals surface area (Å²) in [5, 5.41) is 0. The number of rotatable bonds is 50. The molecule has 0 radical (unpaired) electrons. The Balaban J connectivity index is 4.51. The quantitative estimate of drug-likeness (QED) is 0.0262. The lowest BCUT2D eigenvalue weighted by Crippen LogP contribution is -2.30. The van der Waals surface area contributed by atoms with Gasteiger partial charge < -0.3 is 14.2 Å². The summed E-state index contributed by atoms with van der Waals surface area (Å²) in [5.41, 5.74) is 0. The summed E-state index contributed by atoms with van der Waals surface area (Å²) in [6.45, 7) is 6.54. The van der Waals surface area contributed by atoms with Crippen LogP contribution in [0.1, 0.15) is 265 Å². The zero-order valence-electron chi connectivity index (χ0n) is 43.9. The largest absolute Gasteiger partial charge is 0.462 e. The zero-order valence-corrected chi connectivity index (χ0v) is 43.9. The van der Waals surface area contributed by atoms with Crippen LogP contribution in [0.5, 0.6) is 0 Å². The van der Waals surface area contributed by atoms with Crippen LogP contribution >= 0.6 is 0 Å². The normalized spacial score (nSPS) is 12.7. The van der Waals surface area contributed by atoms with Gasteiger partial charge >= 0.3 is 17.9 Å². The number of hydrogen-bond donors (Lipinski definition) is 0. The van der Waals surface area contributed by atoms with E-state index < -0.39 is 6.10 Å². The third-order valence-electron chi connectivity index (χ3n) is 11.9. The van der Waals surface area contributed by atoms with Gasteiger partial charge in [0.2, 0.25) is 0 Å². The van der Waals surface area contributed by atoms with Crippen molar-refractivity contribution in [3.8, 4) is 0 Å². The summed E-state index contributed by atoms with van der Waals surface area (Å²) < 4.78 is 16.8. The Morgan fingerprint density at radius 1 is 0.299 bits per heavy atom. The molecule has 0 aromatic heterocycles. The maximum Gasteiger partial charge on any atom is 0.306 e. The van der Waals surface area contributed by atoms with Crippen LogP contribution in [0.2, 0.25) is 0 Å². The number of allylic oxidation sites excluding steroid dienone is 14. The van der Waals surface area contributed by atoms with Gasteiger partial charge in [0.15, 0.2) is 6.10 Å². The number of unbranched alkanes of at least 4 members (excludes halogenated alkanes) is 25. The Labute approximate surface area is 414 Å². The average Bonchev–Trinajstić information content (AvgIpc) is 3.33. The summed E-state index contributed by atoms with van der Waals surface area (Å²) in [7, 11) is 0. The SMILES string of the molecule is CCCCC/C=C\C/C=C\C/C=C\C/C=C\CCCCCC(=O)O[C@H](COC(=O)CCC/C=C\C/C=C\C/C=C\CCCCCCCC)COC(=O)CCCCCCCCCCCCCCC. The van der Waals surface area contributed by atoms with Crippen LogP contribution in [0.25, 0.3) is 0 Å². The Bertz CT molecular complexity index is 1300. The first-order valence-electron chi connectivity index (χ1n) is 28.1. The Morgan fingerprint density at radius 2 is 0.552 bits per heavy atom. The van der Waals surface area contributed by atoms with Crippen LogP contribution in [0, 0.1) is 0 Å². The van der Waals surface area contributed by atoms with Crippen LogP contribution in [-0.2, 0) is 28.6 Å². The molecule has 0 N–H and O–H groups in total. The molecule has 0 fully saturated rings. The monoisotopic (exact) mass is 933 g/mol. The van der Waals surface area contributed by atoms with Crippen molar-refractivity contribution in [2.24, 2.45) is 0 Å². The van der Waals surface area contributed by atoms with E-state index in [0.717, 1.165) is 83.5 Å². The highest BCUT2D eigenvalue weighted by atomic mass is 16.6. The minimum atomic E-state index is -0.812. The average molecular weight is 933 g/mol. The van der Waals surface area contributed by atoms with Crippen molar-refractivity contribution >= 4 is 17.9 Å². The van der Waals surface area contributed by atoms with E-state index in [9.17, 15) is 14.4 Å². The van der Waals surface area contributed by atoms with E-state index in [4.69, 9.17) is 14.2 Å². The van der Waals surface area contributed by atoms with Gasteiger partial charge in [-0.25, -0.2) is 0 Å². The molecule has 0 aliphatic carbocycles. The second-order valence-corrected chi connectivity index (χ2v) is 18.5. The van der Waals surface area contributed by atoms with Crippen LogP contribution in [-0.4, -0.2) is 37.2 Å². The molecule has 0 unspecified atom stereocenters. The maximum atomic E-state index is 12.8. The van der Waals surface area contributed by atoms with Gasteiger partial charge in [-0.15, -0.1) is 0 Å². The van der Waals surface area contributed by atoms with E-state index in [1.54, 1.807) is 0 Å². The number of esters is 3. The van der Waals surface area contributed by atoms with Crippen molar-refractivity contribution in [1.82, 2.24) is 0 Å². The van der Waals surface area contributed by atoms with Gasteiger partial charge in [0.05, 0.1) is 0 Å². The molecular weight excluding hydrogens is 829 g/mol. The lowest BCUT2D eigenvalue weighted by Gasteiger charge is -2.18. The van der Waals surface area contributed by atoms with E-state index in [2.05, 4.69) is 106 Å². The molecule has 0 rings (SSSR count). The summed E-state index contributed by atoms with van der Waals surface area (Å²) in [6, 6.07) is 0. The van der Waals surface area contributed by atoms with Crippen molar-refractivity contribution in [2.75, 3.05) is 13.2 Å². The van der Waals surface area contributed by atoms with Crippen molar-refractivity contribution < 1.29 is 28.6 Å². The molecule has 0 aromatic rings. The fourth-order valence-corrected chi connectivity index (χ4v) is 7.62. The van der Waals surface area contributed by atoms with E-state index in [1.807, 2.05) is 0 Å².